The molecule has 2 fully saturated rings. The lowest BCUT2D eigenvalue weighted by atomic mass is 10.1. The number of fused-ring (bicyclic) bond motifs is 1. The summed E-state index contributed by atoms with van der Waals surface area (Å²) in [6, 6.07) is 5.85. The van der Waals surface area contributed by atoms with Crippen molar-refractivity contribution in [2.24, 2.45) is 0 Å². The van der Waals surface area contributed by atoms with Gasteiger partial charge in [-0.05, 0) is 46.0 Å². The van der Waals surface area contributed by atoms with Gasteiger partial charge in [-0.2, -0.15) is 5.10 Å². The van der Waals surface area contributed by atoms with E-state index in [4.69, 9.17) is 14.5 Å². The molecule has 0 bridgehead atoms. The molecular formula is C24H31N7O3. The third kappa shape index (κ3) is 4.63. The van der Waals surface area contributed by atoms with Crippen molar-refractivity contribution in [2.75, 3.05) is 51.2 Å². The van der Waals surface area contributed by atoms with Crippen LogP contribution in [0.1, 0.15) is 20.8 Å². The van der Waals surface area contributed by atoms with Gasteiger partial charge in [0.2, 0.25) is 5.88 Å². The minimum Gasteiger partial charge on any atom is -0.471 e. The number of anilines is 1. The number of carbonyl (C=O) groups excluding carboxylic acids is 1. The van der Waals surface area contributed by atoms with Crippen molar-refractivity contribution in [3.63, 3.8) is 0 Å². The summed E-state index contributed by atoms with van der Waals surface area (Å²) >= 11 is 0. The first-order chi connectivity index (χ1) is 16.3. The van der Waals surface area contributed by atoms with Crippen LogP contribution < -0.4 is 9.64 Å². The number of likely N-dealkylation sites (N-methyl/N-ethyl adjacent to an activating group) is 1. The molecule has 0 saturated carbocycles. The molecule has 2 aliphatic heterocycles. The fraction of sp³-hybridized carbons (Fsp3) is 0.500. The van der Waals surface area contributed by atoms with E-state index in [0.29, 0.717) is 32.1 Å². The lowest BCUT2D eigenvalue weighted by Gasteiger charge is -2.36. The van der Waals surface area contributed by atoms with Crippen LogP contribution in [0, 0.1) is 0 Å². The first kappa shape index (κ1) is 22.4. The molecule has 5 rings (SSSR count). The van der Waals surface area contributed by atoms with Gasteiger partial charge in [0.15, 0.2) is 5.65 Å². The molecular weight excluding hydrogens is 434 g/mol. The Kier molecular flexibility index (Phi) is 5.76. The molecule has 10 nitrogen and oxygen atoms in total. The molecule has 10 heteroatoms. The van der Waals surface area contributed by atoms with Crippen molar-refractivity contribution < 1.29 is 14.3 Å². The average molecular weight is 466 g/mol. The van der Waals surface area contributed by atoms with Gasteiger partial charge >= 0.3 is 6.09 Å². The van der Waals surface area contributed by atoms with Gasteiger partial charge in [-0.25, -0.2) is 19.3 Å². The van der Waals surface area contributed by atoms with Gasteiger partial charge in [-0.1, -0.05) is 0 Å². The van der Waals surface area contributed by atoms with Gasteiger partial charge in [-0.3, -0.25) is 4.90 Å². The molecule has 2 aliphatic rings. The highest BCUT2D eigenvalue weighted by molar-refractivity contribution is 5.80. The molecule has 0 aromatic carbocycles. The Hall–Kier alpha value is -3.40. The number of pyridine rings is 1. The van der Waals surface area contributed by atoms with Crippen LogP contribution in [-0.4, -0.2) is 93.5 Å². The van der Waals surface area contributed by atoms with Gasteiger partial charge in [-0.15, -0.1) is 0 Å². The number of carbonyl (C=O) groups is 1. The van der Waals surface area contributed by atoms with Gasteiger partial charge in [0, 0.05) is 57.2 Å². The second-order valence-corrected chi connectivity index (χ2v) is 9.88. The summed E-state index contributed by atoms with van der Waals surface area (Å²) in [6.07, 6.45) is 5.35. The predicted octanol–water partition coefficient (Wildman–Crippen LogP) is 2.54. The normalized spacial score (nSPS) is 17.6. The molecule has 0 spiro atoms. The second-order valence-electron chi connectivity index (χ2n) is 9.88. The smallest absolute Gasteiger partial charge is 0.410 e. The van der Waals surface area contributed by atoms with Gasteiger partial charge < -0.3 is 19.3 Å². The van der Waals surface area contributed by atoms with E-state index in [2.05, 4.69) is 26.9 Å². The number of likely N-dealkylation sites (tertiary alicyclic amines) is 1. The molecule has 3 aromatic heterocycles. The van der Waals surface area contributed by atoms with Crippen molar-refractivity contribution in [3.8, 4) is 17.0 Å². The number of rotatable bonds is 4. The second kappa shape index (κ2) is 8.75. The quantitative estimate of drug-likeness (QED) is 0.581. The topological polar surface area (TPSA) is 88.3 Å². The molecule has 0 N–H and O–H groups in total. The first-order valence-corrected chi connectivity index (χ1v) is 11.6. The van der Waals surface area contributed by atoms with E-state index in [1.54, 1.807) is 15.6 Å². The number of hydrogen-bond donors (Lipinski definition) is 0. The van der Waals surface area contributed by atoms with E-state index in [9.17, 15) is 4.79 Å². The predicted molar refractivity (Wildman–Crippen MR) is 128 cm³/mol. The van der Waals surface area contributed by atoms with Crippen LogP contribution in [0.2, 0.25) is 0 Å². The molecule has 1 amide bonds. The van der Waals surface area contributed by atoms with E-state index in [1.807, 2.05) is 51.4 Å². The van der Waals surface area contributed by atoms with Crippen molar-refractivity contribution >= 4 is 17.6 Å². The van der Waals surface area contributed by atoms with Crippen LogP contribution in [0.5, 0.6) is 5.88 Å². The van der Waals surface area contributed by atoms with Crippen LogP contribution in [-0.2, 0) is 4.74 Å². The number of aromatic nitrogens is 4. The van der Waals surface area contributed by atoms with Crippen LogP contribution in [0.15, 0.2) is 36.8 Å². The number of ether oxygens (including phenoxy) is 2. The highest BCUT2D eigenvalue weighted by atomic mass is 16.6. The zero-order valence-corrected chi connectivity index (χ0v) is 20.1. The third-order valence-electron chi connectivity index (χ3n) is 5.98. The summed E-state index contributed by atoms with van der Waals surface area (Å²) < 4.78 is 13.4. The van der Waals surface area contributed by atoms with Crippen LogP contribution >= 0.6 is 0 Å². The SMILES string of the molecule is CN1CC(Oc2ncccc2-c2cnn3ccc(N4CCN(C(=O)OC(C)(C)C)CC4)nc23)C1. The van der Waals surface area contributed by atoms with Gasteiger partial charge in [0.1, 0.15) is 17.5 Å². The summed E-state index contributed by atoms with van der Waals surface area (Å²) in [6.45, 7) is 9.97. The summed E-state index contributed by atoms with van der Waals surface area (Å²) in [5.41, 5.74) is 2.01. The van der Waals surface area contributed by atoms with Crippen molar-refractivity contribution in [1.82, 2.24) is 29.4 Å². The Morgan fingerprint density at radius 2 is 1.85 bits per heavy atom. The number of piperazine rings is 1. The van der Waals surface area contributed by atoms with Crippen LogP contribution in [0.4, 0.5) is 10.6 Å². The maximum Gasteiger partial charge on any atom is 0.410 e. The largest absolute Gasteiger partial charge is 0.471 e. The average Bonchev–Trinajstić information content (AvgIpc) is 3.20. The maximum atomic E-state index is 12.4. The Labute approximate surface area is 199 Å². The molecule has 0 atom stereocenters. The Morgan fingerprint density at radius 3 is 2.56 bits per heavy atom. The maximum absolute atomic E-state index is 12.4. The molecule has 180 valence electrons. The lowest BCUT2D eigenvalue weighted by molar-refractivity contribution is 0.0240. The number of hydrogen-bond acceptors (Lipinski definition) is 8. The minimum absolute atomic E-state index is 0.144. The zero-order chi connectivity index (χ0) is 23.9. The van der Waals surface area contributed by atoms with Crippen molar-refractivity contribution in [2.45, 2.75) is 32.5 Å². The minimum atomic E-state index is -0.497. The van der Waals surface area contributed by atoms with Gasteiger partial charge in [0.25, 0.3) is 0 Å². The summed E-state index contributed by atoms with van der Waals surface area (Å²) in [5, 5.41) is 4.49. The molecule has 2 saturated heterocycles. The Balaban J connectivity index is 1.34. The van der Waals surface area contributed by atoms with Gasteiger partial charge in [0.05, 0.1) is 11.8 Å². The fourth-order valence-corrected chi connectivity index (χ4v) is 4.23. The van der Waals surface area contributed by atoms with E-state index in [1.165, 1.54) is 0 Å². The number of amides is 1. The van der Waals surface area contributed by atoms with E-state index < -0.39 is 5.60 Å². The monoisotopic (exact) mass is 465 g/mol. The summed E-state index contributed by atoms with van der Waals surface area (Å²) in [5.74, 6) is 1.46. The van der Waals surface area contributed by atoms with E-state index in [-0.39, 0.29) is 12.2 Å². The molecule has 0 aliphatic carbocycles. The van der Waals surface area contributed by atoms with Crippen LogP contribution in [0.3, 0.4) is 0 Å². The lowest BCUT2D eigenvalue weighted by Crippen LogP contribution is -2.51. The highest BCUT2D eigenvalue weighted by Gasteiger charge is 2.28. The fourth-order valence-electron chi connectivity index (χ4n) is 4.23. The molecule has 34 heavy (non-hydrogen) atoms. The summed E-state index contributed by atoms with van der Waals surface area (Å²) in [7, 11) is 2.07. The van der Waals surface area contributed by atoms with E-state index >= 15 is 0 Å². The van der Waals surface area contributed by atoms with E-state index in [0.717, 1.165) is 35.7 Å². The standard InChI is InChI=1S/C24H31N7O3/c1-24(2,3)34-23(32)30-12-10-29(11-13-30)20-7-9-31-21(27-20)19(14-26-31)18-6-5-8-25-22(18)33-17-15-28(4)16-17/h5-9,14,17H,10-13,15-16H2,1-4H3. The third-order valence-corrected chi connectivity index (χ3v) is 5.98. The summed E-state index contributed by atoms with van der Waals surface area (Å²) in [4.78, 5) is 27.9. The first-order valence-electron chi connectivity index (χ1n) is 11.6. The molecule has 3 aromatic rings. The Morgan fingerprint density at radius 1 is 1.09 bits per heavy atom. The molecule has 0 radical (unpaired) electrons. The van der Waals surface area contributed by atoms with Crippen molar-refractivity contribution in [3.05, 3.63) is 36.8 Å². The Bertz CT molecular complexity index is 1170. The van der Waals surface area contributed by atoms with Crippen molar-refractivity contribution in [1.29, 1.82) is 0 Å². The number of nitrogens with zero attached hydrogens (tertiary/aromatic N) is 7. The highest BCUT2D eigenvalue weighted by Crippen LogP contribution is 2.32. The molecule has 5 heterocycles. The molecule has 0 unspecified atom stereocenters. The van der Waals surface area contributed by atoms with Crippen LogP contribution in [0.25, 0.3) is 16.8 Å². The zero-order valence-electron chi connectivity index (χ0n) is 20.1.